The highest BCUT2D eigenvalue weighted by atomic mass is 32.2. The van der Waals surface area contributed by atoms with E-state index in [9.17, 15) is 23.1 Å². The SMILES string of the molecule is O=Cc1ccccc1S(=O)(=O)n1nc(-c2ccccc2)cc1C(=O)O. The van der Waals surface area contributed by atoms with Crippen molar-refractivity contribution >= 4 is 22.3 Å². The topological polar surface area (TPSA) is 106 Å². The predicted octanol–water partition coefficient (Wildman–Crippen LogP) is 2.30. The number of aromatic carboxylic acids is 1. The van der Waals surface area contributed by atoms with Gasteiger partial charge in [-0.05, 0) is 6.07 Å². The second-order valence-electron chi connectivity index (χ2n) is 5.09. The zero-order valence-corrected chi connectivity index (χ0v) is 13.6. The molecule has 7 nitrogen and oxygen atoms in total. The minimum absolute atomic E-state index is 0.0735. The monoisotopic (exact) mass is 356 g/mol. The minimum atomic E-state index is -4.35. The van der Waals surface area contributed by atoms with E-state index in [0.29, 0.717) is 15.9 Å². The second kappa shape index (κ2) is 6.33. The Labute approximate surface area is 143 Å². The van der Waals surface area contributed by atoms with Crippen molar-refractivity contribution in [2.45, 2.75) is 4.90 Å². The van der Waals surface area contributed by atoms with Crippen LogP contribution in [-0.4, -0.2) is 35.0 Å². The number of carboxylic acids is 1. The van der Waals surface area contributed by atoms with Crippen molar-refractivity contribution in [3.8, 4) is 11.3 Å². The Morgan fingerprint density at radius 3 is 2.32 bits per heavy atom. The normalized spacial score (nSPS) is 11.2. The molecule has 0 atom stereocenters. The summed E-state index contributed by atoms with van der Waals surface area (Å²) in [5.74, 6) is -1.44. The number of aromatic nitrogens is 2. The van der Waals surface area contributed by atoms with E-state index < -0.39 is 21.7 Å². The van der Waals surface area contributed by atoms with Gasteiger partial charge in [-0.15, -0.1) is 4.09 Å². The summed E-state index contributed by atoms with van der Waals surface area (Å²) in [7, 11) is -4.35. The summed E-state index contributed by atoms with van der Waals surface area (Å²) in [4.78, 5) is 22.3. The molecule has 8 heteroatoms. The van der Waals surface area contributed by atoms with Crippen LogP contribution in [0.2, 0.25) is 0 Å². The van der Waals surface area contributed by atoms with E-state index in [-0.39, 0.29) is 16.2 Å². The molecule has 0 spiro atoms. The van der Waals surface area contributed by atoms with Gasteiger partial charge in [-0.1, -0.05) is 48.5 Å². The van der Waals surface area contributed by atoms with E-state index in [1.165, 1.54) is 30.3 Å². The van der Waals surface area contributed by atoms with Crippen molar-refractivity contribution in [3.05, 3.63) is 71.9 Å². The molecular weight excluding hydrogens is 344 g/mol. The summed E-state index contributed by atoms with van der Waals surface area (Å²) in [5, 5.41) is 13.3. The first-order chi connectivity index (χ1) is 11.9. The van der Waals surface area contributed by atoms with Crippen molar-refractivity contribution in [2.24, 2.45) is 0 Å². The summed E-state index contributed by atoms with van der Waals surface area (Å²) in [6, 6.07) is 15.3. The van der Waals surface area contributed by atoms with E-state index in [1.807, 2.05) is 0 Å². The number of carbonyl (C=O) groups excluding carboxylic acids is 1. The molecule has 1 aromatic heterocycles. The summed E-state index contributed by atoms with van der Waals surface area (Å²) in [6.07, 6.45) is 0.398. The zero-order valence-electron chi connectivity index (χ0n) is 12.7. The number of carboxylic acid groups (broad SMARTS) is 1. The third-order valence-electron chi connectivity index (χ3n) is 3.52. The fourth-order valence-electron chi connectivity index (χ4n) is 2.35. The molecule has 2 aromatic carbocycles. The molecule has 0 saturated heterocycles. The molecule has 3 rings (SSSR count). The number of benzene rings is 2. The first-order valence-electron chi connectivity index (χ1n) is 7.13. The maximum absolute atomic E-state index is 12.9. The van der Waals surface area contributed by atoms with Gasteiger partial charge < -0.3 is 5.11 Å². The lowest BCUT2D eigenvalue weighted by Gasteiger charge is -2.08. The molecule has 0 saturated carbocycles. The first-order valence-corrected chi connectivity index (χ1v) is 8.57. The lowest BCUT2D eigenvalue weighted by molar-refractivity contribution is 0.0688. The molecule has 3 aromatic rings. The molecule has 0 aliphatic heterocycles. The van der Waals surface area contributed by atoms with Gasteiger partial charge in [-0.2, -0.15) is 13.5 Å². The summed E-state index contributed by atoms with van der Waals surface area (Å²) in [6.45, 7) is 0. The quantitative estimate of drug-likeness (QED) is 0.703. The van der Waals surface area contributed by atoms with Gasteiger partial charge >= 0.3 is 5.97 Å². The molecule has 0 amide bonds. The standard InChI is InChI=1S/C17H12N2O5S/c20-11-13-8-4-5-9-16(13)25(23,24)19-15(17(21)22)10-14(18-19)12-6-2-1-3-7-12/h1-11H,(H,21,22). The van der Waals surface area contributed by atoms with Crippen LogP contribution in [0.5, 0.6) is 0 Å². The van der Waals surface area contributed by atoms with Crippen LogP contribution in [-0.2, 0) is 10.0 Å². The van der Waals surface area contributed by atoms with Gasteiger partial charge in [0.2, 0.25) is 0 Å². The van der Waals surface area contributed by atoms with Gasteiger partial charge in [0.05, 0.1) is 10.6 Å². The summed E-state index contributed by atoms with van der Waals surface area (Å²) >= 11 is 0. The van der Waals surface area contributed by atoms with E-state index in [4.69, 9.17) is 0 Å². The number of rotatable bonds is 5. The highest BCUT2D eigenvalue weighted by Crippen LogP contribution is 2.24. The highest BCUT2D eigenvalue weighted by molar-refractivity contribution is 7.90. The number of hydrogen-bond acceptors (Lipinski definition) is 5. The molecule has 25 heavy (non-hydrogen) atoms. The zero-order chi connectivity index (χ0) is 18.0. The average Bonchev–Trinajstić information content (AvgIpc) is 3.09. The molecule has 1 heterocycles. The predicted molar refractivity (Wildman–Crippen MR) is 89.0 cm³/mol. The van der Waals surface area contributed by atoms with Crippen LogP contribution in [0.3, 0.4) is 0 Å². The van der Waals surface area contributed by atoms with Crippen molar-refractivity contribution in [1.29, 1.82) is 0 Å². The molecule has 0 unspecified atom stereocenters. The molecule has 126 valence electrons. The van der Waals surface area contributed by atoms with Gasteiger partial charge in [0.25, 0.3) is 10.0 Å². The van der Waals surface area contributed by atoms with Gasteiger partial charge in [0.1, 0.15) is 0 Å². The molecule has 0 aliphatic rings. The summed E-state index contributed by atoms with van der Waals surface area (Å²) in [5.41, 5.74) is 0.183. The van der Waals surface area contributed by atoms with E-state index in [1.54, 1.807) is 30.3 Å². The Balaban J connectivity index is 2.24. The van der Waals surface area contributed by atoms with Crippen molar-refractivity contribution < 1.29 is 23.1 Å². The smallest absolute Gasteiger partial charge is 0.355 e. The van der Waals surface area contributed by atoms with Crippen LogP contribution in [0.25, 0.3) is 11.3 Å². The van der Waals surface area contributed by atoms with Gasteiger partial charge in [-0.3, -0.25) is 4.79 Å². The number of aldehydes is 1. The van der Waals surface area contributed by atoms with Crippen LogP contribution in [0.4, 0.5) is 0 Å². The molecule has 0 fully saturated rings. The van der Waals surface area contributed by atoms with Gasteiger partial charge in [-0.25, -0.2) is 4.79 Å². The Kier molecular flexibility index (Phi) is 4.20. The van der Waals surface area contributed by atoms with Crippen molar-refractivity contribution in [2.75, 3.05) is 0 Å². The maximum Gasteiger partial charge on any atom is 0.355 e. The minimum Gasteiger partial charge on any atom is -0.476 e. The largest absolute Gasteiger partial charge is 0.476 e. The fourth-order valence-corrected chi connectivity index (χ4v) is 3.78. The average molecular weight is 356 g/mol. The lowest BCUT2D eigenvalue weighted by Crippen LogP contribution is -2.21. The Hall–Kier alpha value is -3.26. The molecule has 1 N–H and O–H groups in total. The molecular formula is C17H12N2O5S. The van der Waals surface area contributed by atoms with E-state index >= 15 is 0 Å². The Bertz CT molecular complexity index is 1060. The lowest BCUT2D eigenvalue weighted by atomic mass is 10.1. The van der Waals surface area contributed by atoms with Crippen LogP contribution < -0.4 is 0 Å². The fraction of sp³-hybridized carbons (Fsp3) is 0. The highest BCUT2D eigenvalue weighted by Gasteiger charge is 2.28. The molecule has 0 bridgehead atoms. The van der Waals surface area contributed by atoms with E-state index in [0.717, 1.165) is 0 Å². The second-order valence-corrected chi connectivity index (χ2v) is 6.83. The van der Waals surface area contributed by atoms with Crippen molar-refractivity contribution in [3.63, 3.8) is 0 Å². The van der Waals surface area contributed by atoms with Crippen LogP contribution in [0.15, 0.2) is 65.6 Å². The van der Waals surface area contributed by atoms with Gasteiger partial charge in [0, 0.05) is 17.2 Å². The number of nitrogens with zero attached hydrogens (tertiary/aromatic N) is 2. The first kappa shape index (κ1) is 16.6. The van der Waals surface area contributed by atoms with E-state index in [2.05, 4.69) is 5.10 Å². The van der Waals surface area contributed by atoms with Crippen LogP contribution in [0, 0.1) is 0 Å². The Morgan fingerprint density at radius 1 is 1.04 bits per heavy atom. The third-order valence-corrected chi connectivity index (χ3v) is 5.18. The van der Waals surface area contributed by atoms with Gasteiger partial charge in [0.15, 0.2) is 12.0 Å². The summed E-state index contributed by atoms with van der Waals surface area (Å²) < 4.78 is 26.2. The van der Waals surface area contributed by atoms with Crippen molar-refractivity contribution in [1.82, 2.24) is 9.19 Å². The maximum atomic E-state index is 12.9. The molecule has 0 radical (unpaired) electrons. The number of carbonyl (C=O) groups is 2. The third kappa shape index (κ3) is 2.94. The number of hydrogen-bond donors (Lipinski definition) is 1. The Morgan fingerprint density at radius 2 is 1.68 bits per heavy atom. The van der Waals surface area contributed by atoms with Crippen LogP contribution in [0.1, 0.15) is 20.8 Å². The molecule has 0 aliphatic carbocycles. The van der Waals surface area contributed by atoms with Crippen LogP contribution >= 0.6 is 0 Å².